The maximum Gasteiger partial charge on any atom is 0.0346 e. The van der Waals surface area contributed by atoms with Gasteiger partial charge in [0.05, 0.1) is 0 Å². The van der Waals surface area contributed by atoms with Gasteiger partial charge in [-0.25, -0.2) is 0 Å². The molecule has 1 nitrogen and oxygen atoms in total. The quantitative estimate of drug-likeness (QED) is 0.740. The molecule has 1 rings (SSSR count). The summed E-state index contributed by atoms with van der Waals surface area (Å²) in [7, 11) is 0. The summed E-state index contributed by atoms with van der Waals surface area (Å²) in [6.45, 7) is 5.64. The summed E-state index contributed by atoms with van der Waals surface area (Å²) in [4.78, 5) is 0. The van der Waals surface area contributed by atoms with Gasteiger partial charge in [0.15, 0.2) is 0 Å². The van der Waals surface area contributed by atoms with E-state index in [1.165, 1.54) is 5.56 Å². The van der Waals surface area contributed by atoms with Crippen LogP contribution in [0, 0.1) is 0 Å². The Morgan fingerprint density at radius 3 is 2.53 bits per heavy atom. The van der Waals surface area contributed by atoms with E-state index in [4.69, 9.17) is 5.73 Å². The zero-order chi connectivity index (χ0) is 11.1. The Bertz CT molecular complexity index is 372. The van der Waals surface area contributed by atoms with Gasteiger partial charge in [-0.3, -0.25) is 0 Å². The Labute approximate surface area is 91.6 Å². The number of rotatable bonds is 4. The van der Waals surface area contributed by atoms with Gasteiger partial charge < -0.3 is 5.73 Å². The van der Waals surface area contributed by atoms with Crippen molar-refractivity contribution in [3.8, 4) is 0 Å². The number of allylic oxidation sites excluding steroid dienone is 4. The number of benzene rings is 1. The molecule has 0 saturated heterocycles. The predicted molar refractivity (Wildman–Crippen MR) is 66.4 cm³/mol. The molecule has 15 heavy (non-hydrogen) atoms. The van der Waals surface area contributed by atoms with Crippen molar-refractivity contribution in [1.82, 2.24) is 0 Å². The molecule has 0 aliphatic heterocycles. The molecular formula is C14H17N. The summed E-state index contributed by atoms with van der Waals surface area (Å²) in [6.07, 6.45) is 6.46. The highest BCUT2D eigenvalue weighted by molar-refractivity contribution is 5.35. The van der Waals surface area contributed by atoms with Crippen molar-refractivity contribution in [3.05, 3.63) is 72.0 Å². The minimum atomic E-state index is 0.788. The summed E-state index contributed by atoms with van der Waals surface area (Å²) >= 11 is 0. The van der Waals surface area contributed by atoms with Crippen LogP contribution in [0.2, 0.25) is 0 Å². The Morgan fingerprint density at radius 2 is 2.00 bits per heavy atom. The third-order valence-corrected chi connectivity index (χ3v) is 2.25. The molecule has 0 heterocycles. The predicted octanol–water partition coefficient (Wildman–Crippen LogP) is 3.20. The Hall–Kier alpha value is -1.76. The van der Waals surface area contributed by atoms with Gasteiger partial charge in [0, 0.05) is 5.70 Å². The molecule has 1 heteroatoms. The van der Waals surface area contributed by atoms with Gasteiger partial charge in [-0.2, -0.15) is 0 Å². The van der Waals surface area contributed by atoms with Gasteiger partial charge in [0.1, 0.15) is 0 Å². The van der Waals surface area contributed by atoms with E-state index in [9.17, 15) is 0 Å². The van der Waals surface area contributed by atoms with E-state index in [1.54, 1.807) is 6.08 Å². The molecule has 0 saturated carbocycles. The van der Waals surface area contributed by atoms with Crippen molar-refractivity contribution >= 4 is 0 Å². The number of hydrogen-bond acceptors (Lipinski definition) is 1. The van der Waals surface area contributed by atoms with Crippen LogP contribution >= 0.6 is 0 Å². The van der Waals surface area contributed by atoms with E-state index in [2.05, 4.69) is 18.7 Å². The van der Waals surface area contributed by atoms with Crippen LogP contribution in [0.1, 0.15) is 12.5 Å². The molecule has 0 radical (unpaired) electrons. The topological polar surface area (TPSA) is 26.0 Å². The first-order valence-corrected chi connectivity index (χ1v) is 5.05. The molecule has 78 valence electrons. The standard InChI is InChI=1S/C14H17N/c1-3-8-14(15)13(4-2)11-12-9-6-5-7-10-12/h3-10H,1,11,15H2,2H3/b13-4-,14-8+. The van der Waals surface area contributed by atoms with Crippen molar-refractivity contribution in [2.45, 2.75) is 13.3 Å². The van der Waals surface area contributed by atoms with Gasteiger partial charge in [-0.05, 0) is 30.6 Å². The highest BCUT2D eigenvalue weighted by atomic mass is 14.6. The van der Waals surface area contributed by atoms with E-state index in [0.29, 0.717) is 0 Å². The first-order valence-electron chi connectivity index (χ1n) is 5.05. The fraction of sp³-hybridized carbons (Fsp3) is 0.143. The number of hydrogen-bond donors (Lipinski definition) is 1. The van der Waals surface area contributed by atoms with Gasteiger partial charge in [-0.1, -0.05) is 49.1 Å². The van der Waals surface area contributed by atoms with Gasteiger partial charge in [-0.15, -0.1) is 0 Å². The van der Waals surface area contributed by atoms with Crippen LogP contribution in [0.25, 0.3) is 0 Å². The average molecular weight is 199 g/mol. The summed E-state index contributed by atoms with van der Waals surface area (Å²) in [6, 6.07) is 10.3. The lowest BCUT2D eigenvalue weighted by atomic mass is 10.0. The molecule has 0 spiro atoms. The molecular weight excluding hydrogens is 182 g/mol. The van der Waals surface area contributed by atoms with Crippen molar-refractivity contribution in [2.24, 2.45) is 5.73 Å². The second-order valence-electron chi connectivity index (χ2n) is 3.33. The van der Waals surface area contributed by atoms with Crippen molar-refractivity contribution in [2.75, 3.05) is 0 Å². The van der Waals surface area contributed by atoms with Gasteiger partial charge in [0.2, 0.25) is 0 Å². The summed E-state index contributed by atoms with van der Waals surface area (Å²) < 4.78 is 0. The third-order valence-electron chi connectivity index (χ3n) is 2.25. The highest BCUT2D eigenvalue weighted by Gasteiger charge is 2.00. The number of nitrogens with two attached hydrogens (primary N) is 1. The lowest BCUT2D eigenvalue weighted by molar-refractivity contribution is 1.12. The fourth-order valence-corrected chi connectivity index (χ4v) is 1.42. The highest BCUT2D eigenvalue weighted by Crippen LogP contribution is 2.12. The van der Waals surface area contributed by atoms with E-state index >= 15 is 0 Å². The van der Waals surface area contributed by atoms with E-state index in [0.717, 1.165) is 17.7 Å². The normalized spacial score (nSPS) is 12.6. The van der Waals surface area contributed by atoms with Crippen LogP contribution in [0.3, 0.4) is 0 Å². The molecule has 1 aromatic carbocycles. The monoisotopic (exact) mass is 199 g/mol. The maximum atomic E-state index is 5.91. The molecule has 0 aliphatic rings. The molecule has 0 aromatic heterocycles. The average Bonchev–Trinajstić information content (AvgIpc) is 2.27. The Balaban J connectivity index is 2.80. The van der Waals surface area contributed by atoms with Gasteiger partial charge in [0.25, 0.3) is 0 Å². The molecule has 0 atom stereocenters. The lowest BCUT2D eigenvalue weighted by Crippen LogP contribution is -2.03. The van der Waals surface area contributed by atoms with Crippen LogP contribution in [0.5, 0.6) is 0 Å². The molecule has 0 bridgehead atoms. The first-order chi connectivity index (χ1) is 7.27. The zero-order valence-corrected chi connectivity index (χ0v) is 9.11. The van der Waals surface area contributed by atoms with E-state index in [-0.39, 0.29) is 0 Å². The molecule has 0 fully saturated rings. The first kappa shape index (κ1) is 11.3. The summed E-state index contributed by atoms with van der Waals surface area (Å²) in [5.74, 6) is 0. The third kappa shape index (κ3) is 3.47. The van der Waals surface area contributed by atoms with Crippen LogP contribution in [0.4, 0.5) is 0 Å². The zero-order valence-electron chi connectivity index (χ0n) is 9.11. The fourth-order valence-electron chi connectivity index (χ4n) is 1.42. The largest absolute Gasteiger partial charge is 0.399 e. The van der Waals surface area contributed by atoms with Crippen molar-refractivity contribution in [3.63, 3.8) is 0 Å². The van der Waals surface area contributed by atoms with Crippen LogP contribution in [0.15, 0.2) is 66.4 Å². The molecule has 0 amide bonds. The second kappa shape index (κ2) is 5.86. The maximum absolute atomic E-state index is 5.91. The van der Waals surface area contributed by atoms with Crippen LogP contribution < -0.4 is 5.73 Å². The van der Waals surface area contributed by atoms with E-state index < -0.39 is 0 Å². The summed E-state index contributed by atoms with van der Waals surface area (Å²) in [5.41, 5.74) is 9.11. The molecule has 0 unspecified atom stereocenters. The second-order valence-corrected chi connectivity index (χ2v) is 3.33. The Kier molecular flexibility index (Phi) is 4.42. The van der Waals surface area contributed by atoms with E-state index in [1.807, 2.05) is 37.3 Å². The molecule has 1 aromatic rings. The summed E-state index contributed by atoms with van der Waals surface area (Å²) in [5, 5.41) is 0. The van der Waals surface area contributed by atoms with Crippen LogP contribution in [-0.4, -0.2) is 0 Å². The lowest BCUT2D eigenvalue weighted by Gasteiger charge is -2.07. The van der Waals surface area contributed by atoms with Gasteiger partial charge >= 0.3 is 0 Å². The minimum Gasteiger partial charge on any atom is -0.399 e. The smallest absolute Gasteiger partial charge is 0.0346 e. The minimum absolute atomic E-state index is 0.788. The van der Waals surface area contributed by atoms with Crippen molar-refractivity contribution < 1.29 is 0 Å². The Morgan fingerprint density at radius 1 is 1.33 bits per heavy atom. The van der Waals surface area contributed by atoms with Crippen molar-refractivity contribution in [1.29, 1.82) is 0 Å². The van der Waals surface area contributed by atoms with Crippen LogP contribution in [-0.2, 0) is 6.42 Å². The molecule has 0 aliphatic carbocycles. The molecule has 2 N–H and O–H groups in total. The SMILES string of the molecule is C=C/C=C(N)\C(=C/C)Cc1ccccc1.